The molecule has 23 heavy (non-hydrogen) atoms. The summed E-state index contributed by atoms with van der Waals surface area (Å²) in [5, 5.41) is 0. The van der Waals surface area contributed by atoms with Crippen molar-refractivity contribution in [3.63, 3.8) is 0 Å². The standard InChI is InChI=1S/C17H20O5S/c1-4-12(2)13-5-10-16(17(11-13)21-3)22-14-6-8-15(9-7-14)23(18,19)20/h5-12H,4H2,1-3H3,(H,18,19,20). The zero-order valence-electron chi connectivity index (χ0n) is 13.3. The first-order valence-corrected chi connectivity index (χ1v) is 8.72. The molecule has 0 bridgehead atoms. The topological polar surface area (TPSA) is 72.8 Å². The summed E-state index contributed by atoms with van der Waals surface area (Å²) < 4.78 is 42.1. The SMILES string of the molecule is CCC(C)c1ccc(Oc2ccc(S(=O)(=O)O)cc2)c(OC)c1. The van der Waals surface area contributed by atoms with Crippen LogP contribution in [0.5, 0.6) is 17.2 Å². The molecular formula is C17H20O5S. The van der Waals surface area contributed by atoms with Crippen LogP contribution in [0.25, 0.3) is 0 Å². The molecule has 2 aromatic rings. The predicted molar refractivity (Wildman–Crippen MR) is 88.0 cm³/mol. The molecule has 0 aliphatic heterocycles. The molecule has 1 atom stereocenters. The highest BCUT2D eigenvalue weighted by Gasteiger charge is 2.12. The van der Waals surface area contributed by atoms with Crippen molar-refractivity contribution in [1.82, 2.24) is 0 Å². The molecule has 0 heterocycles. The fourth-order valence-electron chi connectivity index (χ4n) is 2.12. The predicted octanol–water partition coefficient (Wildman–Crippen LogP) is 4.25. The Hall–Kier alpha value is -2.05. The van der Waals surface area contributed by atoms with Gasteiger partial charge in [0.15, 0.2) is 11.5 Å². The molecule has 0 aliphatic rings. The van der Waals surface area contributed by atoms with Crippen LogP contribution < -0.4 is 9.47 Å². The van der Waals surface area contributed by atoms with Gasteiger partial charge in [0.2, 0.25) is 0 Å². The van der Waals surface area contributed by atoms with Crippen LogP contribution in [-0.4, -0.2) is 20.1 Å². The summed E-state index contributed by atoms with van der Waals surface area (Å²) in [6.45, 7) is 4.27. The van der Waals surface area contributed by atoms with Gasteiger partial charge in [0.1, 0.15) is 5.75 Å². The van der Waals surface area contributed by atoms with Gasteiger partial charge < -0.3 is 9.47 Å². The van der Waals surface area contributed by atoms with E-state index in [-0.39, 0.29) is 4.90 Å². The van der Waals surface area contributed by atoms with E-state index in [1.807, 2.05) is 18.2 Å². The molecular weight excluding hydrogens is 316 g/mol. The smallest absolute Gasteiger partial charge is 0.294 e. The summed E-state index contributed by atoms with van der Waals surface area (Å²) in [6.07, 6.45) is 1.03. The normalized spacial score (nSPS) is 12.7. The highest BCUT2D eigenvalue weighted by atomic mass is 32.2. The van der Waals surface area contributed by atoms with Gasteiger partial charge in [-0.05, 0) is 54.3 Å². The summed E-state index contributed by atoms with van der Waals surface area (Å²) in [7, 11) is -2.63. The Morgan fingerprint density at radius 1 is 1.09 bits per heavy atom. The lowest BCUT2D eigenvalue weighted by molar-refractivity contribution is 0.378. The van der Waals surface area contributed by atoms with E-state index in [0.717, 1.165) is 6.42 Å². The highest BCUT2D eigenvalue weighted by Crippen LogP contribution is 2.35. The fourth-order valence-corrected chi connectivity index (χ4v) is 2.60. The van der Waals surface area contributed by atoms with Crippen molar-refractivity contribution in [2.24, 2.45) is 0 Å². The molecule has 2 aromatic carbocycles. The van der Waals surface area contributed by atoms with Crippen LogP contribution in [0.15, 0.2) is 47.4 Å². The molecule has 0 amide bonds. The Kier molecular flexibility index (Phi) is 5.28. The van der Waals surface area contributed by atoms with Crippen LogP contribution in [0.3, 0.4) is 0 Å². The lowest BCUT2D eigenvalue weighted by atomic mass is 9.98. The first-order chi connectivity index (χ1) is 10.8. The molecule has 0 saturated carbocycles. The summed E-state index contributed by atoms with van der Waals surface area (Å²) >= 11 is 0. The number of benzene rings is 2. The quantitative estimate of drug-likeness (QED) is 0.798. The van der Waals surface area contributed by atoms with Crippen LogP contribution in [0.2, 0.25) is 0 Å². The molecule has 0 radical (unpaired) electrons. The summed E-state index contributed by atoms with van der Waals surface area (Å²) in [5.74, 6) is 2.03. The highest BCUT2D eigenvalue weighted by molar-refractivity contribution is 7.85. The van der Waals surface area contributed by atoms with E-state index >= 15 is 0 Å². The number of rotatable bonds is 6. The van der Waals surface area contributed by atoms with E-state index in [4.69, 9.17) is 14.0 Å². The molecule has 0 aromatic heterocycles. The van der Waals surface area contributed by atoms with Crippen molar-refractivity contribution in [1.29, 1.82) is 0 Å². The maximum Gasteiger partial charge on any atom is 0.294 e. The molecule has 1 unspecified atom stereocenters. The van der Waals surface area contributed by atoms with E-state index in [0.29, 0.717) is 23.2 Å². The average Bonchev–Trinajstić information content (AvgIpc) is 2.54. The Morgan fingerprint density at radius 3 is 2.26 bits per heavy atom. The fraction of sp³-hybridized carbons (Fsp3) is 0.294. The first kappa shape index (κ1) is 17.3. The first-order valence-electron chi connectivity index (χ1n) is 7.28. The van der Waals surface area contributed by atoms with Crippen molar-refractivity contribution in [3.8, 4) is 17.2 Å². The van der Waals surface area contributed by atoms with Gasteiger partial charge in [0.05, 0.1) is 12.0 Å². The number of ether oxygens (including phenoxy) is 2. The maximum absolute atomic E-state index is 11.0. The number of hydrogen-bond acceptors (Lipinski definition) is 4. The molecule has 5 nitrogen and oxygen atoms in total. The zero-order chi connectivity index (χ0) is 17.0. The van der Waals surface area contributed by atoms with Crippen LogP contribution in [0.4, 0.5) is 0 Å². The zero-order valence-corrected chi connectivity index (χ0v) is 14.1. The minimum atomic E-state index is -4.20. The molecule has 0 aliphatic carbocycles. The van der Waals surface area contributed by atoms with Gasteiger partial charge in [-0.15, -0.1) is 0 Å². The van der Waals surface area contributed by atoms with E-state index in [1.54, 1.807) is 7.11 Å². The second-order valence-corrected chi connectivity index (χ2v) is 6.69. The molecule has 1 N–H and O–H groups in total. The Bertz CT molecular complexity index is 766. The molecule has 0 saturated heterocycles. The second kappa shape index (κ2) is 7.02. The molecule has 6 heteroatoms. The summed E-state index contributed by atoms with van der Waals surface area (Å²) in [5.41, 5.74) is 1.17. The Balaban J connectivity index is 2.26. The third-order valence-electron chi connectivity index (χ3n) is 3.72. The van der Waals surface area contributed by atoms with Gasteiger partial charge in [-0.1, -0.05) is 19.9 Å². The van der Waals surface area contributed by atoms with Crippen LogP contribution in [0.1, 0.15) is 31.7 Å². The second-order valence-electron chi connectivity index (χ2n) is 5.27. The van der Waals surface area contributed by atoms with Crippen molar-refractivity contribution in [2.75, 3.05) is 7.11 Å². The van der Waals surface area contributed by atoms with Crippen molar-refractivity contribution in [3.05, 3.63) is 48.0 Å². The van der Waals surface area contributed by atoms with Gasteiger partial charge in [0.25, 0.3) is 10.1 Å². The Morgan fingerprint density at radius 2 is 1.74 bits per heavy atom. The third-order valence-corrected chi connectivity index (χ3v) is 4.59. The molecule has 2 rings (SSSR count). The molecule has 0 fully saturated rings. The number of hydrogen-bond donors (Lipinski definition) is 1. The molecule has 0 spiro atoms. The summed E-state index contributed by atoms with van der Waals surface area (Å²) in [6, 6.07) is 11.3. The maximum atomic E-state index is 11.0. The minimum absolute atomic E-state index is 0.177. The van der Waals surface area contributed by atoms with Crippen molar-refractivity contribution < 1.29 is 22.4 Å². The van der Waals surface area contributed by atoms with Crippen LogP contribution in [0, 0.1) is 0 Å². The van der Waals surface area contributed by atoms with E-state index in [9.17, 15) is 8.42 Å². The minimum Gasteiger partial charge on any atom is -0.493 e. The van der Waals surface area contributed by atoms with Gasteiger partial charge in [0, 0.05) is 0 Å². The van der Waals surface area contributed by atoms with Crippen LogP contribution >= 0.6 is 0 Å². The largest absolute Gasteiger partial charge is 0.493 e. The third kappa shape index (κ3) is 4.24. The average molecular weight is 336 g/mol. The van der Waals surface area contributed by atoms with Crippen molar-refractivity contribution >= 4 is 10.1 Å². The molecule has 124 valence electrons. The van der Waals surface area contributed by atoms with E-state index in [2.05, 4.69) is 13.8 Å². The monoisotopic (exact) mass is 336 g/mol. The summed E-state index contributed by atoms with van der Waals surface area (Å²) in [4.78, 5) is -0.177. The van der Waals surface area contributed by atoms with Crippen LogP contribution in [-0.2, 0) is 10.1 Å². The van der Waals surface area contributed by atoms with Gasteiger partial charge in [-0.25, -0.2) is 0 Å². The lowest BCUT2D eigenvalue weighted by Crippen LogP contribution is -1.98. The van der Waals surface area contributed by atoms with Gasteiger partial charge in [-0.3, -0.25) is 4.55 Å². The number of methoxy groups -OCH3 is 1. The van der Waals surface area contributed by atoms with E-state index in [1.165, 1.54) is 29.8 Å². The van der Waals surface area contributed by atoms with E-state index < -0.39 is 10.1 Å². The Labute approximate surface area is 136 Å². The van der Waals surface area contributed by atoms with Crippen molar-refractivity contribution in [2.45, 2.75) is 31.1 Å². The lowest BCUT2D eigenvalue weighted by Gasteiger charge is -2.14. The van der Waals surface area contributed by atoms with Gasteiger partial charge in [-0.2, -0.15) is 8.42 Å². The van der Waals surface area contributed by atoms with Gasteiger partial charge >= 0.3 is 0 Å².